The molecule has 0 atom stereocenters. The predicted molar refractivity (Wildman–Crippen MR) is 93.8 cm³/mol. The van der Waals surface area contributed by atoms with Gasteiger partial charge in [-0.05, 0) is 0 Å². The second-order valence-electron chi connectivity index (χ2n) is 5.85. The minimum atomic E-state index is -0.205. The van der Waals surface area contributed by atoms with Crippen molar-refractivity contribution in [1.82, 2.24) is 0 Å². The first-order valence-electron chi connectivity index (χ1n) is 7.73. The number of rotatable bonds is 4. The van der Waals surface area contributed by atoms with Crippen molar-refractivity contribution in [3.8, 4) is 0 Å². The van der Waals surface area contributed by atoms with Gasteiger partial charge in [0, 0.05) is 16.7 Å². The molecule has 22 heavy (non-hydrogen) atoms. The average molecular weight is 285 g/mol. The molecule has 0 amide bonds. The Labute approximate surface area is 133 Å². The zero-order valence-electron chi connectivity index (χ0n) is 13.2. The van der Waals surface area contributed by atoms with Crippen LogP contribution in [-0.2, 0) is 5.41 Å². The molecule has 0 unspecified atom stereocenters. The first-order valence-corrected chi connectivity index (χ1v) is 7.73. The smallest absolute Gasteiger partial charge is 0.0622 e. The van der Waals surface area contributed by atoms with E-state index in [-0.39, 0.29) is 5.41 Å². The van der Waals surface area contributed by atoms with Crippen LogP contribution in [0.4, 0.5) is 0 Å². The molecule has 3 rings (SSSR count). The summed E-state index contributed by atoms with van der Waals surface area (Å²) >= 11 is 0. The van der Waals surface area contributed by atoms with Crippen LogP contribution in [0.15, 0.2) is 91.0 Å². The van der Waals surface area contributed by atoms with Gasteiger partial charge in [0.25, 0.3) is 0 Å². The third kappa shape index (κ3) is 2.31. The minimum absolute atomic E-state index is 0.205. The van der Waals surface area contributed by atoms with Crippen LogP contribution < -0.4 is 0 Å². The minimum Gasteiger partial charge on any atom is -0.0622 e. The predicted octanol–water partition coefficient (Wildman–Crippen LogP) is 5.64. The fraction of sp³-hybridized carbons (Fsp3) is 0.136. The Morgan fingerprint density at radius 2 is 0.773 bits per heavy atom. The summed E-state index contributed by atoms with van der Waals surface area (Å²) in [6, 6.07) is 32.4. The second kappa shape index (κ2) is 6.11. The highest BCUT2D eigenvalue weighted by atomic mass is 14.4. The molecule has 0 aliphatic carbocycles. The van der Waals surface area contributed by atoms with Gasteiger partial charge in [-0.15, -0.1) is 0 Å². The zero-order chi connectivity index (χ0) is 15.4. The van der Waals surface area contributed by atoms with Crippen molar-refractivity contribution in [1.29, 1.82) is 0 Å². The Hall–Kier alpha value is -2.47. The molecule has 0 spiro atoms. The summed E-state index contributed by atoms with van der Waals surface area (Å²) < 4.78 is 0. The molecule has 0 nitrogen and oxygen atoms in total. The van der Waals surface area contributed by atoms with Crippen molar-refractivity contribution in [3.63, 3.8) is 0 Å². The Kier molecular flexibility index (Phi) is 4.02. The van der Waals surface area contributed by atoms with Gasteiger partial charge in [0.2, 0.25) is 0 Å². The summed E-state index contributed by atoms with van der Waals surface area (Å²) in [4.78, 5) is 0. The van der Waals surface area contributed by atoms with E-state index in [1.807, 2.05) is 0 Å². The maximum Gasteiger partial charge on any atom is 0.184 e. The van der Waals surface area contributed by atoms with Crippen LogP contribution in [0.3, 0.4) is 0 Å². The fourth-order valence-corrected chi connectivity index (χ4v) is 3.43. The van der Waals surface area contributed by atoms with Gasteiger partial charge >= 0.3 is 0 Å². The average Bonchev–Trinajstić information content (AvgIpc) is 2.58. The monoisotopic (exact) mass is 285 g/mol. The summed E-state index contributed by atoms with van der Waals surface area (Å²) in [5.74, 6) is 1.37. The maximum absolute atomic E-state index is 2.23. The lowest BCUT2D eigenvalue weighted by atomic mass is 9.63. The van der Waals surface area contributed by atoms with Crippen LogP contribution in [0.5, 0.6) is 0 Å². The molecule has 0 heteroatoms. The summed E-state index contributed by atoms with van der Waals surface area (Å²) in [6.07, 6.45) is 0. The van der Waals surface area contributed by atoms with Crippen molar-refractivity contribution in [2.75, 3.05) is 0 Å². The topological polar surface area (TPSA) is 0 Å². The van der Waals surface area contributed by atoms with Gasteiger partial charge in [0.05, 0.1) is 13.8 Å². The van der Waals surface area contributed by atoms with Gasteiger partial charge in [-0.2, -0.15) is 0 Å². The quantitative estimate of drug-likeness (QED) is 0.430. The third-order valence-corrected chi connectivity index (χ3v) is 4.37. The van der Waals surface area contributed by atoms with Crippen molar-refractivity contribution in [2.24, 2.45) is 0 Å². The molecule has 0 aromatic heterocycles. The fourth-order valence-electron chi connectivity index (χ4n) is 3.43. The van der Waals surface area contributed by atoms with Crippen molar-refractivity contribution in [3.05, 3.63) is 114 Å². The molecule has 0 N–H and O–H groups in total. The Balaban J connectivity index is 2.34. The van der Waals surface area contributed by atoms with Crippen molar-refractivity contribution >= 4 is 0 Å². The molecule has 0 fully saturated rings. The Morgan fingerprint density at radius 3 is 1.00 bits per heavy atom. The van der Waals surface area contributed by atoms with E-state index >= 15 is 0 Å². The van der Waals surface area contributed by atoms with Gasteiger partial charge in [-0.3, -0.25) is 0 Å². The van der Waals surface area contributed by atoms with Gasteiger partial charge in [0.15, 0.2) is 5.41 Å². The molecule has 0 aliphatic heterocycles. The number of benzene rings is 3. The molecular weight excluding hydrogens is 264 g/mol. The third-order valence-electron chi connectivity index (χ3n) is 4.37. The van der Waals surface area contributed by atoms with Crippen LogP contribution in [0.2, 0.25) is 0 Å². The van der Waals surface area contributed by atoms with Gasteiger partial charge < -0.3 is 0 Å². The van der Waals surface area contributed by atoms with Crippen LogP contribution in [-0.4, -0.2) is 0 Å². The molecular formula is C22H21+. The van der Waals surface area contributed by atoms with E-state index in [9.17, 15) is 0 Å². The largest absolute Gasteiger partial charge is 0.184 e. The van der Waals surface area contributed by atoms with E-state index in [0.717, 1.165) is 0 Å². The summed E-state index contributed by atoms with van der Waals surface area (Å²) in [5.41, 5.74) is 3.73. The Morgan fingerprint density at radius 1 is 0.500 bits per heavy atom. The van der Waals surface area contributed by atoms with Gasteiger partial charge in [-0.1, -0.05) is 91.0 Å². The highest BCUT2D eigenvalue weighted by molar-refractivity contribution is 5.55. The number of hydrogen-bond acceptors (Lipinski definition) is 0. The molecule has 3 aromatic carbocycles. The van der Waals surface area contributed by atoms with Crippen LogP contribution in [0.1, 0.15) is 30.5 Å². The summed E-state index contributed by atoms with van der Waals surface area (Å²) in [5, 5.41) is 0. The van der Waals surface area contributed by atoms with Gasteiger partial charge in [-0.25, -0.2) is 0 Å². The van der Waals surface area contributed by atoms with Crippen molar-refractivity contribution < 1.29 is 0 Å². The van der Waals surface area contributed by atoms with E-state index in [1.54, 1.807) is 0 Å². The SMILES string of the molecule is C[C+](C)C(c1ccccc1)(c1ccccc1)c1ccccc1. The summed E-state index contributed by atoms with van der Waals surface area (Å²) in [6.45, 7) is 4.46. The molecule has 0 radical (unpaired) electrons. The van der Waals surface area contributed by atoms with Gasteiger partial charge in [0.1, 0.15) is 5.92 Å². The maximum atomic E-state index is 2.23. The van der Waals surface area contributed by atoms with E-state index in [1.165, 1.54) is 22.6 Å². The van der Waals surface area contributed by atoms with Crippen LogP contribution >= 0.6 is 0 Å². The van der Waals surface area contributed by atoms with E-state index < -0.39 is 0 Å². The number of hydrogen-bond donors (Lipinski definition) is 0. The molecule has 0 saturated carbocycles. The molecule has 108 valence electrons. The first kappa shape index (κ1) is 14.5. The molecule has 3 aromatic rings. The highest BCUT2D eigenvalue weighted by Gasteiger charge is 2.47. The molecule has 0 aliphatic rings. The normalized spacial score (nSPS) is 11.2. The van der Waals surface area contributed by atoms with Crippen molar-refractivity contribution in [2.45, 2.75) is 19.3 Å². The van der Waals surface area contributed by atoms with E-state index in [0.29, 0.717) is 0 Å². The lowest BCUT2D eigenvalue weighted by Crippen LogP contribution is -2.33. The Bertz CT molecular complexity index is 600. The summed E-state index contributed by atoms with van der Waals surface area (Å²) in [7, 11) is 0. The van der Waals surface area contributed by atoms with E-state index in [2.05, 4.69) is 105 Å². The lowest BCUT2D eigenvalue weighted by Gasteiger charge is -2.31. The second-order valence-corrected chi connectivity index (χ2v) is 5.85. The molecule has 0 heterocycles. The molecule has 0 bridgehead atoms. The molecule has 0 saturated heterocycles. The highest BCUT2D eigenvalue weighted by Crippen LogP contribution is 2.45. The van der Waals surface area contributed by atoms with Crippen LogP contribution in [0.25, 0.3) is 0 Å². The van der Waals surface area contributed by atoms with Crippen LogP contribution in [0, 0.1) is 5.92 Å². The first-order chi connectivity index (χ1) is 10.8. The zero-order valence-corrected chi connectivity index (χ0v) is 13.2. The lowest BCUT2D eigenvalue weighted by molar-refractivity contribution is 0.636. The standard InChI is InChI=1S/C22H21/c1-18(2)22(19-12-6-3-7-13-19,20-14-8-4-9-15-20)21-16-10-5-11-17-21/h3-17H,1-2H3/q+1. The van der Waals surface area contributed by atoms with E-state index in [4.69, 9.17) is 0 Å².